The topological polar surface area (TPSA) is 51.2 Å². The number of carbonyl (C=O) groups excluding carboxylic acids is 1. The molecule has 0 bridgehead atoms. The summed E-state index contributed by atoms with van der Waals surface area (Å²) in [5.74, 6) is 0.375. The van der Waals surface area contributed by atoms with Gasteiger partial charge in [-0.25, -0.2) is 9.37 Å². The Morgan fingerprint density at radius 1 is 1.24 bits per heavy atom. The van der Waals surface area contributed by atoms with Crippen molar-refractivity contribution >= 4 is 22.4 Å². The lowest BCUT2D eigenvalue weighted by Gasteiger charge is -2.07. The zero-order valence-corrected chi connectivity index (χ0v) is 14.7. The van der Waals surface area contributed by atoms with Crippen LogP contribution in [-0.2, 0) is 11.2 Å². The van der Waals surface area contributed by atoms with Crippen molar-refractivity contribution in [1.29, 1.82) is 0 Å². The molecular formula is C19H17FN2O2S. The summed E-state index contributed by atoms with van der Waals surface area (Å²) in [6, 6.07) is 11.8. The quantitative estimate of drug-likeness (QED) is 0.735. The normalized spacial score (nSPS) is 10.5. The van der Waals surface area contributed by atoms with Crippen molar-refractivity contribution in [3.05, 3.63) is 64.8 Å². The number of hydrogen-bond donors (Lipinski definition) is 1. The second-order valence-corrected chi connectivity index (χ2v) is 6.43. The van der Waals surface area contributed by atoms with Gasteiger partial charge in [0, 0.05) is 10.9 Å². The molecule has 0 radical (unpaired) electrons. The van der Waals surface area contributed by atoms with Crippen molar-refractivity contribution in [2.24, 2.45) is 0 Å². The Bertz CT molecular complexity index is 891. The highest BCUT2D eigenvalue weighted by Gasteiger charge is 2.10. The maximum atomic E-state index is 13.0. The molecule has 0 aliphatic heterocycles. The number of methoxy groups -OCH3 is 1. The molecule has 0 saturated heterocycles. The monoisotopic (exact) mass is 356 g/mol. The highest BCUT2D eigenvalue weighted by molar-refractivity contribution is 7.14. The van der Waals surface area contributed by atoms with Crippen molar-refractivity contribution in [3.63, 3.8) is 0 Å². The first-order valence-corrected chi connectivity index (χ1v) is 8.58. The summed E-state index contributed by atoms with van der Waals surface area (Å²) in [6.07, 6.45) is 0.260. The average molecular weight is 356 g/mol. The summed E-state index contributed by atoms with van der Waals surface area (Å²) < 4.78 is 18.2. The van der Waals surface area contributed by atoms with Gasteiger partial charge in [0.25, 0.3) is 0 Å². The molecule has 6 heteroatoms. The lowest BCUT2D eigenvalue weighted by atomic mass is 10.1. The average Bonchev–Trinajstić information content (AvgIpc) is 3.04. The molecule has 4 nitrogen and oxygen atoms in total. The first-order valence-electron chi connectivity index (χ1n) is 7.70. The number of hydrogen-bond acceptors (Lipinski definition) is 4. The fourth-order valence-corrected chi connectivity index (χ4v) is 3.22. The van der Waals surface area contributed by atoms with E-state index in [9.17, 15) is 9.18 Å². The number of thiazole rings is 1. The highest BCUT2D eigenvalue weighted by Crippen LogP contribution is 2.25. The Labute approximate surface area is 149 Å². The van der Waals surface area contributed by atoms with Crippen LogP contribution in [0.5, 0.6) is 5.75 Å². The Morgan fingerprint density at radius 2 is 2.00 bits per heavy atom. The first-order chi connectivity index (χ1) is 12.0. The molecule has 128 valence electrons. The number of benzene rings is 2. The minimum atomic E-state index is -0.290. The van der Waals surface area contributed by atoms with Crippen LogP contribution in [0.4, 0.5) is 9.52 Å². The zero-order valence-electron chi connectivity index (χ0n) is 13.9. The van der Waals surface area contributed by atoms with E-state index < -0.39 is 0 Å². The largest absolute Gasteiger partial charge is 0.496 e. The van der Waals surface area contributed by atoms with Gasteiger partial charge >= 0.3 is 0 Å². The third kappa shape index (κ3) is 4.22. The van der Waals surface area contributed by atoms with E-state index in [2.05, 4.69) is 10.3 Å². The van der Waals surface area contributed by atoms with Gasteiger partial charge in [0.2, 0.25) is 5.91 Å². The van der Waals surface area contributed by atoms with E-state index in [-0.39, 0.29) is 18.1 Å². The molecule has 0 aliphatic rings. The van der Waals surface area contributed by atoms with Crippen LogP contribution in [0.25, 0.3) is 11.3 Å². The predicted molar refractivity (Wildman–Crippen MR) is 97.6 cm³/mol. The van der Waals surface area contributed by atoms with E-state index in [0.29, 0.717) is 10.8 Å². The van der Waals surface area contributed by atoms with Gasteiger partial charge in [-0.3, -0.25) is 4.79 Å². The first kappa shape index (κ1) is 17.1. The molecule has 2 aromatic carbocycles. The minimum absolute atomic E-state index is 0.135. The summed E-state index contributed by atoms with van der Waals surface area (Å²) in [4.78, 5) is 16.6. The van der Waals surface area contributed by atoms with Gasteiger partial charge in [-0.05, 0) is 48.4 Å². The molecule has 1 aromatic heterocycles. The van der Waals surface area contributed by atoms with Gasteiger partial charge in [-0.1, -0.05) is 12.1 Å². The Kier molecular flexibility index (Phi) is 5.09. The van der Waals surface area contributed by atoms with Crippen LogP contribution in [0.3, 0.4) is 0 Å². The SMILES string of the molecule is COc1ccc(CC(=O)Nc2nc(-c3ccc(F)cc3)cs2)cc1C. The molecule has 1 amide bonds. The molecule has 0 fully saturated rings. The van der Waals surface area contributed by atoms with E-state index in [4.69, 9.17) is 4.74 Å². The molecule has 0 unspecified atom stereocenters. The molecule has 0 aliphatic carbocycles. The van der Waals surface area contributed by atoms with Crippen LogP contribution >= 0.6 is 11.3 Å². The molecule has 3 aromatic rings. The standard InChI is InChI=1S/C19H17FN2O2S/c1-12-9-13(3-8-17(12)24-2)10-18(23)22-19-21-16(11-25-19)14-4-6-15(20)7-5-14/h3-9,11H,10H2,1-2H3,(H,21,22,23). The summed E-state index contributed by atoms with van der Waals surface area (Å²) in [5.41, 5.74) is 3.41. The van der Waals surface area contributed by atoms with E-state index in [0.717, 1.165) is 22.4 Å². The zero-order chi connectivity index (χ0) is 17.8. The van der Waals surface area contributed by atoms with Gasteiger partial charge in [0.15, 0.2) is 5.13 Å². The molecule has 3 rings (SSSR count). The fourth-order valence-electron chi connectivity index (χ4n) is 2.48. The van der Waals surface area contributed by atoms with Gasteiger partial charge in [-0.2, -0.15) is 0 Å². The van der Waals surface area contributed by atoms with Gasteiger partial charge in [0.05, 0.1) is 19.2 Å². The molecule has 25 heavy (non-hydrogen) atoms. The summed E-state index contributed by atoms with van der Waals surface area (Å²) in [6.45, 7) is 1.94. The van der Waals surface area contributed by atoms with Gasteiger partial charge < -0.3 is 10.1 Å². The molecule has 0 saturated carbocycles. The third-order valence-corrected chi connectivity index (χ3v) is 4.47. The van der Waals surface area contributed by atoms with Crippen LogP contribution in [-0.4, -0.2) is 18.0 Å². The number of aryl methyl sites for hydroxylation is 1. The number of ether oxygens (including phenoxy) is 1. The van der Waals surface area contributed by atoms with E-state index in [1.54, 1.807) is 19.2 Å². The van der Waals surface area contributed by atoms with Gasteiger partial charge in [0.1, 0.15) is 11.6 Å². The lowest BCUT2D eigenvalue weighted by Crippen LogP contribution is -2.14. The minimum Gasteiger partial charge on any atom is -0.496 e. The van der Waals surface area contributed by atoms with Crippen LogP contribution in [0, 0.1) is 12.7 Å². The van der Waals surface area contributed by atoms with Crippen LogP contribution in [0.1, 0.15) is 11.1 Å². The Balaban J connectivity index is 1.65. The predicted octanol–water partition coefficient (Wildman–Crippen LogP) is 4.45. The van der Waals surface area contributed by atoms with Crippen LogP contribution in [0.15, 0.2) is 47.8 Å². The molecular weight excluding hydrogens is 339 g/mol. The van der Waals surface area contributed by atoms with E-state index in [1.807, 2.05) is 30.5 Å². The van der Waals surface area contributed by atoms with Crippen LogP contribution in [0.2, 0.25) is 0 Å². The number of halogens is 1. The highest BCUT2D eigenvalue weighted by atomic mass is 32.1. The van der Waals surface area contributed by atoms with E-state index in [1.165, 1.54) is 23.5 Å². The number of rotatable bonds is 5. The van der Waals surface area contributed by atoms with Crippen molar-refractivity contribution in [2.45, 2.75) is 13.3 Å². The maximum absolute atomic E-state index is 13.0. The summed E-state index contributed by atoms with van der Waals surface area (Å²) in [5, 5.41) is 5.16. The molecule has 0 atom stereocenters. The number of aromatic nitrogens is 1. The molecule has 1 N–H and O–H groups in total. The summed E-state index contributed by atoms with van der Waals surface area (Å²) >= 11 is 1.34. The fraction of sp³-hybridized carbons (Fsp3) is 0.158. The van der Waals surface area contributed by atoms with E-state index >= 15 is 0 Å². The number of anilines is 1. The Morgan fingerprint density at radius 3 is 2.68 bits per heavy atom. The molecule has 1 heterocycles. The number of carbonyl (C=O) groups is 1. The molecule has 0 spiro atoms. The third-order valence-electron chi connectivity index (χ3n) is 3.71. The lowest BCUT2D eigenvalue weighted by molar-refractivity contribution is -0.115. The van der Waals surface area contributed by atoms with Crippen molar-refractivity contribution in [1.82, 2.24) is 4.98 Å². The summed E-state index contributed by atoms with van der Waals surface area (Å²) in [7, 11) is 1.62. The smallest absolute Gasteiger partial charge is 0.230 e. The second-order valence-electron chi connectivity index (χ2n) is 5.57. The number of amides is 1. The number of nitrogens with one attached hydrogen (secondary N) is 1. The van der Waals surface area contributed by atoms with Crippen molar-refractivity contribution < 1.29 is 13.9 Å². The van der Waals surface area contributed by atoms with Crippen molar-refractivity contribution in [3.8, 4) is 17.0 Å². The second kappa shape index (κ2) is 7.44. The van der Waals surface area contributed by atoms with Crippen molar-refractivity contribution in [2.75, 3.05) is 12.4 Å². The number of nitrogens with zero attached hydrogens (tertiary/aromatic N) is 1. The maximum Gasteiger partial charge on any atom is 0.230 e. The van der Waals surface area contributed by atoms with Crippen LogP contribution < -0.4 is 10.1 Å². The Hall–Kier alpha value is -2.73. The van der Waals surface area contributed by atoms with Gasteiger partial charge in [-0.15, -0.1) is 11.3 Å².